The molecule has 7 heteroatoms. The van der Waals surface area contributed by atoms with Gasteiger partial charge in [0.05, 0.1) is 5.69 Å². The molecule has 1 heterocycles. The molecule has 4 aromatic rings. The van der Waals surface area contributed by atoms with Crippen molar-refractivity contribution in [1.29, 1.82) is 0 Å². The van der Waals surface area contributed by atoms with E-state index in [2.05, 4.69) is 34.7 Å². The van der Waals surface area contributed by atoms with Crippen LogP contribution >= 0.6 is 12.2 Å². The monoisotopic (exact) mass is 415 g/mol. The average molecular weight is 416 g/mol. The Hall–Kier alpha value is -3.58. The number of aromatic nitrogens is 3. The van der Waals surface area contributed by atoms with Crippen molar-refractivity contribution in [2.75, 3.05) is 5.32 Å². The van der Waals surface area contributed by atoms with Gasteiger partial charge in [-0.25, -0.2) is 0 Å². The van der Waals surface area contributed by atoms with E-state index < -0.39 is 0 Å². The van der Waals surface area contributed by atoms with E-state index in [1.54, 1.807) is 16.9 Å². The molecule has 0 saturated heterocycles. The van der Waals surface area contributed by atoms with Gasteiger partial charge in [0, 0.05) is 11.3 Å². The highest BCUT2D eigenvalue weighted by molar-refractivity contribution is 7.80. The summed E-state index contributed by atoms with van der Waals surface area (Å²) in [4.78, 5) is 14.0. The van der Waals surface area contributed by atoms with Crippen molar-refractivity contribution in [2.24, 2.45) is 0 Å². The predicted molar refractivity (Wildman–Crippen MR) is 123 cm³/mol. The first-order valence-electron chi connectivity index (χ1n) is 9.64. The number of para-hydroxylation sites is 1. The number of fused-ring (bicyclic) bond motifs is 1. The molecule has 1 amide bonds. The lowest BCUT2D eigenvalue weighted by atomic mass is 10.0. The van der Waals surface area contributed by atoms with Crippen LogP contribution in [-0.4, -0.2) is 26.0 Å². The van der Waals surface area contributed by atoms with Crippen molar-refractivity contribution in [2.45, 2.75) is 19.8 Å². The summed E-state index contributed by atoms with van der Waals surface area (Å²) in [7, 11) is 0. The summed E-state index contributed by atoms with van der Waals surface area (Å²) >= 11 is 5.30. The highest BCUT2D eigenvalue weighted by atomic mass is 32.1. The average Bonchev–Trinajstić information content (AvgIpc) is 3.18. The van der Waals surface area contributed by atoms with Gasteiger partial charge in [0.25, 0.3) is 5.91 Å². The molecule has 150 valence electrons. The quantitative estimate of drug-likeness (QED) is 0.474. The number of rotatable bonds is 4. The zero-order chi connectivity index (χ0) is 21.1. The molecule has 0 aliphatic heterocycles. The van der Waals surface area contributed by atoms with Crippen LogP contribution in [0.15, 0.2) is 72.8 Å². The molecule has 30 heavy (non-hydrogen) atoms. The molecule has 0 aliphatic carbocycles. The Morgan fingerprint density at radius 1 is 0.933 bits per heavy atom. The fraction of sp³-hybridized carbons (Fsp3) is 0.130. The standard InChI is InChI=1S/C23H21N5OS/c1-15(2)16-8-10-17(11-9-16)22(29)25-23(30)24-18-12-13-20-21(14-18)27-28(26-20)19-6-4-3-5-7-19/h3-15H,1-2H3,(H2,24,25,29,30). The molecule has 0 fully saturated rings. The van der Waals surface area contributed by atoms with Crippen LogP contribution in [0.4, 0.5) is 5.69 Å². The molecule has 3 aromatic carbocycles. The molecule has 0 unspecified atom stereocenters. The Balaban J connectivity index is 1.44. The number of carbonyl (C=O) groups is 1. The van der Waals surface area contributed by atoms with Crippen LogP contribution < -0.4 is 10.6 Å². The van der Waals surface area contributed by atoms with Gasteiger partial charge in [-0.15, -0.1) is 10.2 Å². The first-order valence-corrected chi connectivity index (χ1v) is 10.1. The van der Waals surface area contributed by atoms with Gasteiger partial charge in [-0.1, -0.05) is 44.2 Å². The van der Waals surface area contributed by atoms with Gasteiger partial charge in [0.2, 0.25) is 0 Å². The summed E-state index contributed by atoms with van der Waals surface area (Å²) in [5.41, 5.74) is 4.85. The van der Waals surface area contributed by atoms with Gasteiger partial charge in [-0.05, 0) is 66.2 Å². The van der Waals surface area contributed by atoms with E-state index in [0.29, 0.717) is 11.5 Å². The summed E-state index contributed by atoms with van der Waals surface area (Å²) in [6.07, 6.45) is 0. The Bertz CT molecular complexity index is 1200. The zero-order valence-electron chi connectivity index (χ0n) is 16.7. The molecular formula is C23H21N5OS. The maximum absolute atomic E-state index is 12.4. The number of hydrogen-bond donors (Lipinski definition) is 2. The number of amides is 1. The van der Waals surface area contributed by atoms with Gasteiger partial charge in [0.15, 0.2) is 5.11 Å². The van der Waals surface area contributed by atoms with Gasteiger partial charge in [-0.3, -0.25) is 10.1 Å². The number of hydrogen-bond acceptors (Lipinski definition) is 4. The molecule has 2 N–H and O–H groups in total. The second-order valence-corrected chi connectivity index (χ2v) is 7.62. The highest BCUT2D eigenvalue weighted by Gasteiger charge is 2.10. The van der Waals surface area contributed by atoms with Crippen LogP contribution in [0, 0.1) is 0 Å². The van der Waals surface area contributed by atoms with E-state index in [9.17, 15) is 4.79 Å². The maximum Gasteiger partial charge on any atom is 0.257 e. The van der Waals surface area contributed by atoms with Gasteiger partial charge < -0.3 is 5.32 Å². The van der Waals surface area contributed by atoms with Crippen molar-refractivity contribution >= 4 is 40.0 Å². The summed E-state index contributed by atoms with van der Waals surface area (Å²) in [5.74, 6) is 0.165. The smallest absolute Gasteiger partial charge is 0.257 e. The second-order valence-electron chi connectivity index (χ2n) is 7.21. The topological polar surface area (TPSA) is 71.8 Å². The minimum Gasteiger partial charge on any atom is -0.332 e. The van der Waals surface area contributed by atoms with Crippen molar-refractivity contribution in [3.63, 3.8) is 0 Å². The molecule has 4 rings (SSSR count). The molecule has 0 spiro atoms. The van der Waals surface area contributed by atoms with Crippen LogP contribution in [0.25, 0.3) is 16.7 Å². The van der Waals surface area contributed by atoms with E-state index in [-0.39, 0.29) is 11.0 Å². The van der Waals surface area contributed by atoms with Crippen molar-refractivity contribution in [3.8, 4) is 5.69 Å². The third-order valence-electron chi connectivity index (χ3n) is 4.69. The fourth-order valence-corrected chi connectivity index (χ4v) is 3.24. The van der Waals surface area contributed by atoms with E-state index >= 15 is 0 Å². The Kier molecular flexibility index (Phi) is 5.54. The van der Waals surface area contributed by atoms with Crippen molar-refractivity contribution < 1.29 is 4.79 Å². The second kappa shape index (κ2) is 8.42. The lowest BCUT2D eigenvalue weighted by Gasteiger charge is -2.10. The number of nitrogens with zero attached hydrogens (tertiary/aromatic N) is 3. The number of carbonyl (C=O) groups excluding carboxylic acids is 1. The molecule has 6 nitrogen and oxygen atoms in total. The molecule has 0 aliphatic rings. The summed E-state index contributed by atoms with van der Waals surface area (Å²) < 4.78 is 0. The molecule has 0 bridgehead atoms. The number of benzene rings is 3. The molecular weight excluding hydrogens is 394 g/mol. The minimum absolute atomic E-state index is 0.225. The van der Waals surface area contributed by atoms with Gasteiger partial charge >= 0.3 is 0 Å². The van der Waals surface area contributed by atoms with E-state index in [1.807, 2.05) is 60.7 Å². The molecule has 0 radical (unpaired) electrons. The van der Waals surface area contributed by atoms with Crippen molar-refractivity contribution in [1.82, 2.24) is 20.3 Å². The zero-order valence-corrected chi connectivity index (χ0v) is 17.5. The van der Waals surface area contributed by atoms with Gasteiger partial charge in [0.1, 0.15) is 11.0 Å². The Labute approximate surface area is 179 Å². The lowest BCUT2D eigenvalue weighted by Crippen LogP contribution is -2.34. The summed E-state index contributed by atoms with van der Waals surface area (Å²) in [6.45, 7) is 4.23. The third-order valence-corrected chi connectivity index (χ3v) is 4.90. The maximum atomic E-state index is 12.4. The van der Waals surface area contributed by atoms with Crippen LogP contribution in [0.5, 0.6) is 0 Å². The Morgan fingerprint density at radius 3 is 2.33 bits per heavy atom. The molecule has 0 saturated carbocycles. The lowest BCUT2D eigenvalue weighted by molar-refractivity contribution is 0.0977. The largest absolute Gasteiger partial charge is 0.332 e. The van der Waals surface area contributed by atoms with Crippen LogP contribution in [0.1, 0.15) is 35.7 Å². The minimum atomic E-state index is -0.251. The van der Waals surface area contributed by atoms with E-state index in [4.69, 9.17) is 12.2 Å². The highest BCUT2D eigenvalue weighted by Crippen LogP contribution is 2.18. The van der Waals surface area contributed by atoms with Gasteiger partial charge in [-0.2, -0.15) is 4.80 Å². The Morgan fingerprint density at radius 2 is 1.63 bits per heavy atom. The van der Waals surface area contributed by atoms with Crippen LogP contribution in [0.2, 0.25) is 0 Å². The number of thiocarbonyl (C=S) groups is 1. The first kappa shape index (κ1) is 19.7. The van der Waals surface area contributed by atoms with E-state index in [1.165, 1.54) is 5.56 Å². The normalized spacial score (nSPS) is 10.9. The molecule has 1 aromatic heterocycles. The number of nitrogens with one attached hydrogen (secondary N) is 2. The fourth-order valence-electron chi connectivity index (χ4n) is 3.03. The third kappa shape index (κ3) is 4.36. The van der Waals surface area contributed by atoms with Crippen LogP contribution in [0.3, 0.4) is 0 Å². The summed E-state index contributed by atoms with van der Waals surface area (Å²) in [5, 5.41) is 15.0. The number of anilines is 1. The SMILES string of the molecule is CC(C)c1ccc(C(=O)NC(=S)Nc2ccc3nn(-c4ccccc4)nc3c2)cc1. The van der Waals surface area contributed by atoms with E-state index in [0.717, 1.165) is 22.4 Å². The summed E-state index contributed by atoms with van der Waals surface area (Å²) in [6, 6.07) is 22.8. The predicted octanol–water partition coefficient (Wildman–Crippen LogP) is 4.67. The van der Waals surface area contributed by atoms with Crippen molar-refractivity contribution in [3.05, 3.63) is 83.9 Å². The molecule has 0 atom stereocenters. The first-order chi connectivity index (χ1) is 14.5. The van der Waals surface area contributed by atoms with Crippen LogP contribution in [-0.2, 0) is 0 Å².